The summed E-state index contributed by atoms with van der Waals surface area (Å²) >= 11 is 0. The lowest BCUT2D eigenvalue weighted by atomic mass is 10.2. The number of guanidine groups is 1. The minimum atomic E-state index is 0.308. The van der Waals surface area contributed by atoms with Crippen LogP contribution in [-0.2, 0) is 6.54 Å². The molecular weight excluding hydrogens is 344 g/mol. The van der Waals surface area contributed by atoms with Crippen molar-refractivity contribution in [1.82, 2.24) is 4.98 Å². The molecule has 144 valence electrons. The Morgan fingerprint density at radius 1 is 1.15 bits per heavy atom. The maximum atomic E-state index is 5.98. The van der Waals surface area contributed by atoms with Crippen molar-refractivity contribution >= 4 is 11.6 Å². The van der Waals surface area contributed by atoms with Gasteiger partial charge in [0.05, 0.1) is 20.8 Å². The van der Waals surface area contributed by atoms with Gasteiger partial charge in [0.25, 0.3) is 0 Å². The van der Waals surface area contributed by atoms with Gasteiger partial charge in [-0.15, -0.1) is 0 Å². The highest BCUT2D eigenvalue weighted by atomic mass is 16.5. The maximum Gasteiger partial charge on any atom is 0.213 e. The van der Waals surface area contributed by atoms with Gasteiger partial charge >= 0.3 is 0 Å². The third-order valence-corrected chi connectivity index (χ3v) is 4.48. The van der Waals surface area contributed by atoms with Crippen LogP contribution in [0, 0.1) is 0 Å². The molecule has 3 N–H and O–H groups in total. The molecule has 0 atom stereocenters. The number of benzene rings is 1. The van der Waals surface area contributed by atoms with E-state index in [1.165, 1.54) is 12.8 Å². The highest BCUT2D eigenvalue weighted by Gasteiger charge is 2.16. The van der Waals surface area contributed by atoms with Gasteiger partial charge in [-0.3, -0.25) is 0 Å². The highest BCUT2D eigenvalue weighted by Crippen LogP contribution is 2.29. The number of ether oxygens (including phenoxy) is 3. The summed E-state index contributed by atoms with van der Waals surface area (Å²) in [5, 5.41) is 3.04. The molecule has 7 heteroatoms. The molecule has 3 rings (SSSR count). The third-order valence-electron chi connectivity index (χ3n) is 4.48. The van der Waals surface area contributed by atoms with Crippen molar-refractivity contribution in [3.8, 4) is 17.4 Å². The SMILES string of the molecule is COc1ccc(NC(N)=NCc2ccc(OC3CCCC3)nc2)cc1OC. The molecule has 0 spiro atoms. The summed E-state index contributed by atoms with van der Waals surface area (Å²) < 4.78 is 16.4. The van der Waals surface area contributed by atoms with E-state index < -0.39 is 0 Å². The largest absolute Gasteiger partial charge is 0.493 e. The van der Waals surface area contributed by atoms with E-state index >= 15 is 0 Å². The number of aromatic nitrogens is 1. The number of anilines is 1. The van der Waals surface area contributed by atoms with Gasteiger partial charge < -0.3 is 25.3 Å². The van der Waals surface area contributed by atoms with Crippen LogP contribution in [0.15, 0.2) is 41.5 Å². The van der Waals surface area contributed by atoms with Crippen LogP contribution >= 0.6 is 0 Å². The van der Waals surface area contributed by atoms with E-state index in [9.17, 15) is 0 Å². The average Bonchev–Trinajstić information content (AvgIpc) is 3.20. The molecule has 1 aliphatic carbocycles. The lowest BCUT2D eigenvalue weighted by Gasteiger charge is -2.12. The number of nitrogens with one attached hydrogen (secondary N) is 1. The molecule has 0 aliphatic heterocycles. The van der Waals surface area contributed by atoms with Crippen molar-refractivity contribution < 1.29 is 14.2 Å². The smallest absolute Gasteiger partial charge is 0.213 e. The van der Waals surface area contributed by atoms with Gasteiger partial charge in [0.15, 0.2) is 17.5 Å². The lowest BCUT2D eigenvalue weighted by molar-refractivity contribution is 0.201. The first-order valence-corrected chi connectivity index (χ1v) is 9.08. The maximum absolute atomic E-state index is 5.98. The van der Waals surface area contributed by atoms with Crippen LogP contribution < -0.4 is 25.3 Å². The fourth-order valence-electron chi connectivity index (χ4n) is 3.03. The van der Waals surface area contributed by atoms with Gasteiger partial charge in [-0.05, 0) is 43.4 Å². The Morgan fingerprint density at radius 2 is 1.93 bits per heavy atom. The number of hydrogen-bond donors (Lipinski definition) is 2. The number of nitrogens with two attached hydrogens (primary N) is 1. The Kier molecular flexibility index (Phi) is 6.35. The predicted molar refractivity (Wildman–Crippen MR) is 106 cm³/mol. The van der Waals surface area contributed by atoms with Gasteiger partial charge in [-0.2, -0.15) is 0 Å². The lowest BCUT2D eigenvalue weighted by Crippen LogP contribution is -2.22. The minimum absolute atomic E-state index is 0.308. The molecule has 1 aromatic heterocycles. The van der Waals surface area contributed by atoms with Gasteiger partial charge in [0.1, 0.15) is 6.10 Å². The van der Waals surface area contributed by atoms with E-state index in [0.717, 1.165) is 24.1 Å². The first kappa shape index (κ1) is 18.8. The molecule has 7 nitrogen and oxygen atoms in total. The van der Waals surface area contributed by atoms with Crippen molar-refractivity contribution in [2.24, 2.45) is 10.7 Å². The van der Waals surface area contributed by atoms with Crippen molar-refractivity contribution in [3.63, 3.8) is 0 Å². The molecule has 1 aromatic carbocycles. The molecular formula is C20H26N4O3. The molecule has 1 aliphatic rings. The van der Waals surface area contributed by atoms with Crippen LogP contribution in [0.2, 0.25) is 0 Å². The molecule has 0 radical (unpaired) electrons. The summed E-state index contributed by atoms with van der Waals surface area (Å²) in [5.74, 6) is 2.27. The van der Waals surface area contributed by atoms with Gasteiger partial charge in [-0.1, -0.05) is 6.07 Å². The van der Waals surface area contributed by atoms with E-state index in [1.54, 1.807) is 32.5 Å². The Bertz CT molecular complexity index is 771. The Balaban J connectivity index is 1.55. The second-order valence-corrected chi connectivity index (χ2v) is 6.43. The standard InChI is InChI=1S/C20H26N4O3/c1-25-17-9-8-15(11-18(17)26-2)24-20(21)23-13-14-7-10-19(22-12-14)27-16-5-3-4-6-16/h7-12,16H,3-6,13H2,1-2H3,(H3,21,23,24). The molecule has 0 saturated heterocycles. The first-order valence-electron chi connectivity index (χ1n) is 9.08. The van der Waals surface area contributed by atoms with E-state index in [2.05, 4.69) is 15.3 Å². The highest BCUT2D eigenvalue weighted by molar-refractivity contribution is 5.92. The number of nitrogens with zero attached hydrogens (tertiary/aromatic N) is 2. The van der Waals surface area contributed by atoms with E-state index in [4.69, 9.17) is 19.9 Å². The zero-order chi connectivity index (χ0) is 19.1. The Hall–Kier alpha value is -2.96. The number of hydrogen-bond acceptors (Lipinski definition) is 5. The summed E-state index contributed by atoms with van der Waals surface area (Å²) in [6, 6.07) is 9.31. The van der Waals surface area contributed by atoms with Crippen LogP contribution in [0.4, 0.5) is 5.69 Å². The van der Waals surface area contributed by atoms with Crippen LogP contribution in [0.5, 0.6) is 17.4 Å². The fraction of sp³-hybridized carbons (Fsp3) is 0.400. The second kappa shape index (κ2) is 9.12. The molecule has 1 heterocycles. The topological polar surface area (TPSA) is 91.0 Å². The second-order valence-electron chi connectivity index (χ2n) is 6.43. The van der Waals surface area contributed by atoms with Crippen molar-refractivity contribution in [3.05, 3.63) is 42.1 Å². The van der Waals surface area contributed by atoms with E-state index in [0.29, 0.717) is 36.0 Å². The molecule has 27 heavy (non-hydrogen) atoms. The van der Waals surface area contributed by atoms with Gasteiger partial charge in [0, 0.05) is 24.0 Å². The summed E-state index contributed by atoms with van der Waals surface area (Å²) in [6.07, 6.45) is 6.80. The minimum Gasteiger partial charge on any atom is -0.493 e. The van der Waals surface area contributed by atoms with Gasteiger partial charge in [0.2, 0.25) is 5.88 Å². The summed E-state index contributed by atoms with van der Waals surface area (Å²) in [4.78, 5) is 8.71. The van der Waals surface area contributed by atoms with Crippen LogP contribution in [-0.4, -0.2) is 31.3 Å². The van der Waals surface area contributed by atoms with E-state index in [1.807, 2.05) is 18.2 Å². The normalized spacial score (nSPS) is 14.8. The number of methoxy groups -OCH3 is 2. The summed E-state index contributed by atoms with van der Waals surface area (Å²) in [7, 11) is 3.19. The molecule has 1 fully saturated rings. The summed E-state index contributed by atoms with van der Waals surface area (Å²) in [5.41, 5.74) is 7.71. The quantitative estimate of drug-likeness (QED) is 0.574. The first-order chi connectivity index (χ1) is 13.2. The monoisotopic (exact) mass is 370 g/mol. The number of pyridine rings is 1. The molecule has 0 unspecified atom stereocenters. The average molecular weight is 370 g/mol. The predicted octanol–water partition coefficient (Wildman–Crippen LogP) is 3.35. The molecule has 2 aromatic rings. The van der Waals surface area contributed by atoms with Crippen LogP contribution in [0.25, 0.3) is 0 Å². The molecule has 0 amide bonds. The number of aliphatic imine (C=N–C) groups is 1. The van der Waals surface area contributed by atoms with Crippen LogP contribution in [0.1, 0.15) is 31.2 Å². The third kappa shape index (κ3) is 5.26. The van der Waals surface area contributed by atoms with Crippen molar-refractivity contribution in [1.29, 1.82) is 0 Å². The zero-order valence-electron chi connectivity index (χ0n) is 15.8. The zero-order valence-corrected chi connectivity index (χ0v) is 15.8. The van der Waals surface area contributed by atoms with Gasteiger partial charge in [-0.25, -0.2) is 9.98 Å². The van der Waals surface area contributed by atoms with Crippen molar-refractivity contribution in [2.45, 2.75) is 38.3 Å². The van der Waals surface area contributed by atoms with E-state index in [-0.39, 0.29) is 0 Å². The molecule has 1 saturated carbocycles. The number of rotatable bonds is 7. The van der Waals surface area contributed by atoms with Crippen molar-refractivity contribution in [2.75, 3.05) is 19.5 Å². The summed E-state index contributed by atoms with van der Waals surface area (Å²) in [6.45, 7) is 0.433. The Labute approximate surface area is 159 Å². The Morgan fingerprint density at radius 3 is 2.59 bits per heavy atom. The fourth-order valence-corrected chi connectivity index (χ4v) is 3.03. The molecule has 0 bridgehead atoms. The van der Waals surface area contributed by atoms with Crippen LogP contribution in [0.3, 0.4) is 0 Å².